The molecule has 0 bridgehead atoms. The number of nitrogens with one attached hydrogen (secondary N) is 2. The van der Waals surface area contributed by atoms with Crippen molar-refractivity contribution in [3.05, 3.63) is 41.4 Å². The van der Waals surface area contributed by atoms with Crippen LogP contribution in [0.25, 0.3) is 11.3 Å². The highest BCUT2D eigenvalue weighted by Gasteiger charge is 2.24. The van der Waals surface area contributed by atoms with E-state index in [1.807, 2.05) is 4.72 Å². The molecule has 2 N–H and O–H groups in total. The van der Waals surface area contributed by atoms with Crippen LogP contribution in [0.15, 0.2) is 18.2 Å². The number of aryl methyl sites for hydroxylation is 1. The summed E-state index contributed by atoms with van der Waals surface area (Å²) in [7, 11) is -3.84. The lowest BCUT2D eigenvalue weighted by atomic mass is 10.1. The molecule has 0 unspecified atom stereocenters. The largest absolute Gasteiger partial charge is 0.337 e. The predicted octanol–water partition coefficient (Wildman–Crippen LogP) is 2.13. The summed E-state index contributed by atoms with van der Waals surface area (Å²) in [6, 6.07) is 3.34. The van der Waals surface area contributed by atoms with Crippen molar-refractivity contribution in [2.75, 3.05) is 0 Å². The number of H-pyrrole nitrogens is 1. The Hall–Kier alpha value is -2.29. The van der Waals surface area contributed by atoms with Gasteiger partial charge in [0.15, 0.2) is 5.82 Å². The fraction of sp³-hybridized carbons (Fsp3) is 0.286. The van der Waals surface area contributed by atoms with Gasteiger partial charge in [0.25, 0.3) is 0 Å². The number of imidazole rings is 1. The molecule has 124 valence electrons. The number of nitrogens with zero attached hydrogens (tertiary/aromatic N) is 1. The second-order valence-electron chi connectivity index (χ2n) is 5.18. The first-order valence-corrected chi connectivity index (χ1v) is 8.25. The Bertz CT molecular complexity index is 840. The highest BCUT2D eigenvalue weighted by atomic mass is 32.2. The van der Waals surface area contributed by atoms with Crippen molar-refractivity contribution < 1.29 is 22.0 Å². The zero-order chi connectivity index (χ0) is 17.4. The number of aromatic nitrogens is 2. The fourth-order valence-corrected chi connectivity index (χ4v) is 2.42. The molecule has 1 aromatic heterocycles. The minimum Gasteiger partial charge on any atom is -0.337 e. The summed E-state index contributed by atoms with van der Waals surface area (Å²) in [6.45, 7) is 4.29. The van der Waals surface area contributed by atoms with Crippen molar-refractivity contribution in [3.63, 3.8) is 0 Å². The second kappa shape index (κ2) is 6.07. The van der Waals surface area contributed by atoms with E-state index in [0.717, 1.165) is 12.1 Å². The molecule has 0 saturated heterocycles. The second-order valence-corrected chi connectivity index (χ2v) is 7.42. The van der Waals surface area contributed by atoms with E-state index in [-0.39, 0.29) is 22.8 Å². The lowest BCUT2D eigenvalue weighted by molar-refractivity contribution is 0.0972. The summed E-state index contributed by atoms with van der Waals surface area (Å²) in [5, 5.41) is -0.814. The molecule has 2 rings (SSSR count). The number of halogens is 2. The molecule has 0 atom stereocenters. The van der Waals surface area contributed by atoms with Gasteiger partial charge in [-0.3, -0.25) is 4.79 Å². The van der Waals surface area contributed by atoms with E-state index >= 15 is 0 Å². The van der Waals surface area contributed by atoms with Crippen LogP contribution in [0.5, 0.6) is 0 Å². The maximum atomic E-state index is 13.8. The number of hydrogen-bond acceptors (Lipinski definition) is 4. The first kappa shape index (κ1) is 17.1. The number of carbonyl (C=O) groups excluding carboxylic acids is 1. The molecular weight excluding hydrogens is 328 g/mol. The van der Waals surface area contributed by atoms with Crippen LogP contribution in [0.1, 0.15) is 30.2 Å². The van der Waals surface area contributed by atoms with Crippen LogP contribution in [0.3, 0.4) is 0 Å². The van der Waals surface area contributed by atoms with Crippen LogP contribution in [-0.4, -0.2) is 29.5 Å². The average Bonchev–Trinajstić information content (AvgIpc) is 2.80. The molecule has 0 radical (unpaired) electrons. The Morgan fingerprint density at radius 2 is 1.83 bits per heavy atom. The van der Waals surface area contributed by atoms with E-state index in [0.29, 0.717) is 0 Å². The average molecular weight is 343 g/mol. The summed E-state index contributed by atoms with van der Waals surface area (Å²) in [5.41, 5.74) is -0.235. The molecule has 0 aliphatic rings. The first-order valence-electron chi connectivity index (χ1n) is 6.70. The lowest BCUT2D eigenvalue weighted by Gasteiger charge is -2.07. The number of rotatable bonds is 4. The van der Waals surface area contributed by atoms with Gasteiger partial charge in [-0.25, -0.2) is 26.9 Å². The molecule has 1 amide bonds. The summed E-state index contributed by atoms with van der Waals surface area (Å²) in [6.07, 6.45) is 0. The molecule has 0 fully saturated rings. The summed E-state index contributed by atoms with van der Waals surface area (Å²) >= 11 is 0. The highest BCUT2D eigenvalue weighted by molar-refractivity contribution is 7.90. The number of hydrogen-bond donors (Lipinski definition) is 2. The molecule has 23 heavy (non-hydrogen) atoms. The van der Waals surface area contributed by atoms with E-state index in [1.54, 1.807) is 0 Å². The normalized spacial score (nSPS) is 11.7. The van der Waals surface area contributed by atoms with Gasteiger partial charge in [0.05, 0.1) is 16.5 Å². The summed E-state index contributed by atoms with van der Waals surface area (Å²) in [5.74, 6) is -3.00. The number of sulfonamides is 1. The molecular formula is C14H15F2N3O3S. The number of amides is 1. The van der Waals surface area contributed by atoms with Gasteiger partial charge in [0.2, 0.25) is 10.0 Å². The van der Waals surface area contributed by atoms with E-state index in [4.69, 9.17) is 0 Å². The van der Waals surface area contributed by atoms with Gasteiger partial charge in [-0.1, -0.05) is 6.07 Å². The van der Waals surface area contributed by atoms with Crippen molar-refractivity contribution in [2.24, 2.45) is 0 Å². The maximum Gasteiger partial charge on any atom is 0.300 e. The Balaban J connectivity index is 2.41. The van der Waals surface area contributed by atoms with Gasteiger partial charge in [-0.05, 0) is 32.9 Å². The number of carbonyl (C=O) groups is 1. The topological polar surface area (TPSA) is 91.9 Å². The molecule has 1 aromatic carbocycles. The lowest BCUT2D eigenvalue weighted by Crippen LogP contribution is -2.36. The zero-order valence-corrected chi connectivity index (χ0v) is 13.5. The van der Waals surface area contributed by atoms with Crippen molar-refractivity contribution in [1.82, 2.24) is 14.7 Å². The van der Waals surface area contributed by atoms with Gasteiger partial charge >= 0.3 is 5.91 Å². The molecule has 2 aromatic rings. The molecule has 0 saturated carbocycles. The zero-order valence-electron chi connectivity index (χ0n) is 12.6. The van der Waals surface area contributed by atoms with E-state index in [1.165, 1.54) is 26.8 Å². The predicted molar refractivity (Wildman–Crippen MR) is 80.2 cm³/mol. The molecule has 1 heterocycles. The fourth-order valence-electron chi connectivity index (χ4n) is 1.83. The van der Waals surface area contributed by atoms with Gasteiger partial charge < -0.3 is 4.98 Å². The summed E-state index contributed by atoms with van der Waals surface area (Å²) < 4.78 is 52.9. The molecule has 0 spiro atoms. The monoisotopic (exact) mass is 343 g/mol. The third kappa shape index (κ3) is 3.39. The highest BCUT2D eigenvalue weighted by Crippen LogP contribution is 2.27. The van der Waals surface area contributed by atoms with Gasteiger partial charge in [0.1, 0.15) is 11.6 Å². The van der Waals surface area contributed by atoms with Crippen molar-refractivity contribution in [1.29, 1.82) is 0 Å². The minimum absolute atomic E-state index is 0.0901. The number of benzene rings is 1. The van der Waals surface area contributed by atoms with Crippen LogP contribution < -0.4 is 4.72 Å². The molecule has 0 aliphatic heterocycles. The Morgan fingerprint density at radius 1 is 1.26 bits per heavy atom. The van der Waals surface area contributed by atoms with Crippen LogP contribution in [0.4, 0.5) is 8.78 Å². The minimum atomic E-state index is -3.84. The van der Waals surface area contributed by atoms with Crippen molar-refractivity contribution >= 4 is 15.9 Å². The number of aromatic amines is 1. The Labute approximate surface area is 132 Å². The molecule has 0 aliphatic carbocycles. The van der Waals surface area contributed by atoms with Crippen molar-refractivity contribution in [2.45, 2.75) is 26.0 Å². The van der Waals surface area contributed by atoms with Crippen molar-refractivity contribution in [3.8, 4) is 11.3 Å². The van der Waals surface area contributed by atoms with E-state index in [2.05, 4.69) is 9.97 Å². The molecule has 9 heteroatoms. The van der Waals surface area contributed by atoms with Gasteiger partial charge in [-0.2, -0.15) is 0 Å². The smallest absolute Gasteiger partial charge is 0.300 e. The van der Waals surface area contributed by atoms with Gasteiger partial charge in [0, 0.05) is 5.69 Å². The molecule has 6 nitrogen and oxygen atoms in total. The van der Waals surface area contributed by atoms with Crippen LogP contribution in [0.2, 0.25) is 0 Å². The third-order valence-corrected chi connectivity index (χ3v) is 4.87. The van der Waals surface area contributed by atoms with Crippen LogP contribution >= 0.6 is 0 Å². The maximum absolute atomic E-state index is 13.8. The quantitative estimate of drug-likeness (QED) is 0.889. The standard InChI is InChI=1S/C14H15F2N3O3S/c1-7(2)23(21,22)19-14(20)13-17-8(3)12(18-13)11-9(15)5-4-6-10(11)16/h4-7H,1-3H3,(H,17,18)(H,19,20). The van der Waals surface area contributed by atoms with Crippen LogP contribution in [0, 0.1) is 18.6 Å². The van der Waals surface area contributed by atoms with Gasteiger partial charge in [-0.15, -0.1) is 0 Å². The van der Waals surface area contributed by atoms with Crippen LogP contribution in [-0.2, 0) is 10.0 Å². The third-order valence-electron chi connectivity index (χ3n) is 3.15. The van der Waals surface area contributed by atoms with E-state index in [9.17, 15) is 22.0 Å². The Kier molecular flexibility index (Phi) is 4.51. The SMILES string of the molecule is Cc1[nH]c(C(=O)NS(=O)(=O)C(C)C)nc1-c1c(F)cccc1F. The Morgan fingerprint density at radius 3 is 2.35 bits per heavy atom. The van der Waals surface area contributed by atoms with E-state index < -0.39 is 32.8 Å². The first-order chi connectivity index (χ1) is 10.6. The summed E-state index contributed by atoms with van der Waals surface area (Å²) in [4.78, 5) is 18.3.